The number of pyridine rings is 1. The van der Waals surface area contributed by atoms with Gasteiger partial charge in [0.25, 0.3) is 5.91 Å². The quantitative estimate of drug-likeness (QED) is 0.847. The first kappa shape index (κ1) is 12.0. The van der Waals surface area contributed by atoms with Crippen molar-refractivity contribution in [3.05, 3.63) is 42.2 Å². The summed E-state index contributed by atoms with van der Waals surface area (Å²) in [4.78, 5) is 18.0. The maximum absolute atomic E-state index is 12.0. The van der Waals surface area contributed by atoms with Crippen LogP contribution >= 0.6 is 12.2 Å². The molecule has 1 atom stereocenters. The predicted molar refractivity (Wildman–Crippen MR) is 77.5 cm³/mol. The highest BCUT2D eigenvalue weighted by atomic mass is 32.1. The molecule has 0 unspecified atom stereocenters. The van der Waals surface area contributed by atoms with Crippen LogP contribution in [0.4, 0.5) is 0 Å². The summed E-state index contributed by atoms with van der Waals surface area (Å²) in [6.45, 7) is 2.22. The van der Waals surface area contributed by atoms with Crippen LogP contribution < -0.4 is 5.32 Å². The van der Waals surface area contributed by atoms with Crippen molar-refractivity contribution in [3.8, 4) is 0 Å². The van der Waals surface area contributed by atoms with Gasteiger partial charge >= 0.3 is 0 Å². The molecule has 0 bridgehead atoms. The van der Waals surface area contributed by atoms with E-state index in [0.717, 1.165) is 16.5 Å². The number of carbonyl (C=O) groups excluding carboxylic acids is 1. The molecule has 0 saturated carbocycles. The Morgan fingerprint density at radius 1 is 1.37 bits per heavy atom. The number of aromatic nitrogens is 1. The van der Waals surface area contributed by atoms with Crippen molar-refractivity contribution in [2.45, 2.75) is 19.5 Å². The fourth-order valence-electron chi connectivity index (χ4n) is 2.27. The summed E-state index contributed by atoms with van der Waals surface area (Å²) >= 11 is 5.18. The van der Waals surface area contributed by atoms with Crippen molar-refractivity contribution in [1.82, 2.24) is 15.2 Å². The lowest BCUT2D eigenvalue weighted by molar-refractivity contribution is -0.127. The van der Waals surface area contributed by atoms with Crippen LogP contribution in [0.2, 0.25) is 0 Å². The monoisotopic (exact) mass is 271 g/mol. The normalized spacial score (nSPS) is 19.0. The predicted octanol–water partition coefficient (Wildman–Crippen LogP) is 1.84. The molecule has 4 nitrogen and oxygen atoms in total. The van der Waals surface area contributed by atoms with Crippen molar-refractivity contribution >= 4 is 34.0 Å². The highest BCUT2D eigenvalue weighted by Gasteiger charge is 2.32. The molecule has 1 saturated heterocycles. The first-order valence-corrected chi connectivity index (χ1v) is 6.52. The molecular weight excluding hydrogens is 258 g/mol. The second-order valence-corrected chi connectivity index (χ2v) is 4.96. The standard InChI is InChI=1S/C14H13N3OS/c1-9-13(18)17(14(19)16-9)8-12-11-5-3-2-4-10(11)6-7-15-12/h2-7,9H,8H2,1H3,(H,16,19)/t9-/m1/s1. The summed E-state index contributed by atoms with van der Waals surface area (Å²) in [5.41, 5.74) is 0.865. The molecule has 2 aromatic rings. The van der Waals surface area contributed by atoms with E-state index in [0.29, 0.717) is 11.7 Å². The van der Waals surface area contributed by atoms with Crippen molar-refractivity contribution in [2.75, 3.05) is 0 Å². The number of benzene rings is 1. The average Bonchev–Trinajstić information content (AvgIpc) is 2.66. The number of carbonyl (C=O) groups is 1. The van der Waals surface area contributed by atoms with E-state index in [9.17, 15) is 4.79 Å². The highest BCUT2D eigenvalue weighted by molar-refractivity contribution is 7.80. The molecular formula is C14H13N3OS. The number of fused-ring (bicyclic) bond motifs is 1. The Labute approximate surface area is 116 Å². The maximum Gasteiger partial charge on any atom is 0.251 e. The van der Waals surface area contributed by atoms with Gasteiger partial charge in [-0.15, -0.1) is 0 Å². The van der Waals surface area contributed by atoms with Gasteiger partial charge in [0.05, 0.1) is 12.2 Å². The summed E-state index contributed by atoms with van der Waals surface area (Å²) in [7, 11) is 0. The minimum atomic E-state index is -0.248. The summed E-state index contributed by atoms with van der Waals surface area (Å²) in [5.74, 6) is -0.000246. The zero-order valence-corrected chi connectivity index (χ0v) is 11.3. The molecule has 1 fully saturated rings. The van der Waals surface area contributed by atoms with Crippen LogP contribution in [0, 0.1) is 0 Å². The lowest BCUT2D eigenvalue weighted by Gasteiger charge is -2.15. The van der Waals surface area contributed by atoms with Gasteiger partial charge in [0.15, 0.2) is 5.11 Å². The highest BCUT2D eigenvalue weighted by Crippen LogP contribution is 2.19. The maximum atomic E-state index is 12.0. The minimum Gasteiger partial charge on any atom is -0.351 e. The van der Waals surface area contributed by atoms with Gasteiger partial charge in [-0.2, -0.15) is 0 Å². The van der Waals surface area contributed by atoms with Gasteiger partial charge < -0.3 is 5.32 Å². The van der Waals surface area contributed by atoms with Crippen LogP contribution in [-0.2, 0) is 11.3 Å². The van der Waals surface area contributed by atoms with E-state index in [4.69, 9.17) is 12.2 Å². The first-order valence-electron chi connectivity index (χ1n) is 6.11. The third kappa shape index (κ3) is 2.06. The van der Waals surface area contributed by atoms with Crippen molar-refractivity contribution in [1.29, 1.82) is 0 Å². The summed E-state index contributed by atoms with van der Waals surface area (Å²) in [6, 6.07) is 9.72. The molecule has 19 heavy (non-hydrogen) atoms. The molecule has 0 spiro atoms. The number of amides is 1. The van der Waals surface area contributed by atoms with Crippen molar-refractivity contribution < 1.29 is 4.79 Å². The first-order chi connectivity index (χ1) is 9.16. The van der Waals surface area contributed by atoms with E-state index in [1.54, 1.807) is 11.1 Å². The number of hydrogen-bond acceptors (Lipinski definition) is 3. The molecule has 1 aliphatic heterocycles. The largest absolute Gasteiger partial charge is 0.351 e. The van der Waals surface area contributed by atoms with Gasteiger partial charge in [-0.3, -0.25) is 14.7 Å². The van der Waals surface area contributed by atoms with Crippen LogP contribution in [0.1, 0.15) is 12.6 Å². The zero-order chi connectivity index (χ0) is 13.4. The van der Waals surface area contributed by atoms with Crippen LogP contribution in [0.15, 0.2) is 36.5 Å². The van der Waals surface area contributed by atoms with E-state index in [2.05, 4.69) is 10.3 Å². The topological polar surface area (TPSA) is 45.2 Å². The Balaban J connectivity index is 1.98. The number of thiocarbonyl (C=S) groups is 1. The fourth-order valence-corrected chi connectivity index (χ4v) is 2.60. The minimum absolute atomic E-state index is 0.000246. The van der Waals surface area contributed by atoms with Crippen LogP contribution in [0.25, 0.3) is 10.8 Å². The second kappa shape index (κ2) is 4.59. The second-order valence-electron chi connectivity index (χ2n) is 4.57. The van der Waals surface area contributed by atoms with E-state index >= 15 is 0 Å². The Morgan fingerprint density at radius 3 is 2.89 bits per heavy atom. The van der Waals surface area contributed by atoms with Gasteiger partial charge in [-0.1, -0.05) is 24.3 Å². The van der Waals surface area contributed by atoms with E-state index in [-0.39, 0.29) is 11.9 Å². The summed E-state index contributed by atoms with van der Waals surface area (Å²) in [5, 5.41) is 5.62. The van der Waals surface area contributed by atoms with Gasteiger partial charge in [0.1, 0.15) is 6.04 Å². The van der Waals surface area contributed by atoms with Crippen LogP contribution in [-0.4, -0.2) is 26.9 Å². The Morgan fingerprint density at radius 2 is 2.16 bits per heavy atom. The molecule has 0 aliphatic carbocycles. The molecule has 1 amide bonds. The van der Waals surface area contributed by atoms with Gasteiger partial charge in [0, 0.05) is 11.6 Å². The molecule has 0 radical (unpaired) electrons. The molecule has 5 heteroatoms. The third-order valence-corrected chi connectivity index (χ3v) is 3.62. The number of nitrogens with one attached hydrogen (secondary N) is 1. The summed E-state index contributed by atoms with van der Waals surface area (Å²) in [6.07, 6.45) is 1.76. The van der Waals surface area contributed by atoms with Crippen LogP contribution in [0.5, 0.6) is 0 Å². The lowest BCUT2D eigenvalue weighted by Crippen LogP contribution is -2.30. The van der Waals surface area contributed by atoms with E-state index < -0.39 is 0 Å². The smallest absolute Gasteiger partial charge is 0.251 e. The lowest BCUT2D eigenvalue weighted by atomic mass is 10.1. The molecule has 1 aromatic heterocycles. The Hall–Kier alpha value is -2.01. The molecule has 96 valence electrons. The molecule has 3 rings (SSSR count). The molecule has 1 N–H and O–H groups in total. The third-order valence-electron chi connectivity index (χ3n) is 3.29. The Kier molecular flexibility index (Phi) is 2.91. The molecule has 2 heterocycles. The number of nitrogens with zero attached hydrogens (tertiary/aromatic N) is 2. The fraction of sp³-hybridized carbons (Fsp3) is 0.214. The van der Waals surface area contributed by atoms with Crippen LogP contribution in [0.3, 0.4) is 0 Å². The van der Waals surface area contributed by atoms with Gasteiger partial charge in [-0.05, 0) is 30.6 Å². The summed E-state index contributed by atoms with van der Waals surface area (Å²) < 4.78 is 0. The number of rotatable bonds is 2. The van der Waals surface area contributed by atoms with E-state index in [1.165, 1.54) is 0 Å². The Bertz CT molecular complexity index is 665. The zero-order valence-electron chi connectivity index (χ0n) is 10.5. The van der Waals surface area contributed by atoms with Gasteiger partial charge in [0.2, 0.25) is 0 Å². The van der Waals surface area contributed by atoms with Gasteiger partial charge in [-0.25, -0.2) is 0 Å². The molecule has 1 aliphatic rings. The molecule has 1 aromatic carbocycles. The van der Waals surface area contributed by atoms with E-state index in [1.807, 2.05) is 37.3 Å². The van der Waals surface area contributed by atoms with Crippen molar-refractivity contribution in [3.63, 3.8) is 0 Å². The number of hydrogen-bond donors (Lipinski definition) is 1. The average molecular weight is 271 g/mol. The SMILES string of the molecule is C[C@H]1NC(=S)N(Cc2nccc3ccccc23)C1=O. The van der Waals surface area contributed by atoms with Crippen molar-refractivity contribution in [2.24, 2.45) is 0 Å².